The van der Waals surface area contributed by atoms with Crippen molar-refractivity contribution in [3.63, 3.8) is 0 Å². The number of halogens is 2. The Labute approximate surface area is 102 Å². The van der Waals surface area contributed by atoms with Crippen LogP contribution >= 0.6 is 27.5 Å². The highest BCUT2D eigenvalue weighted by Gasteiger charge is 2.27. The van der Waals surface area contributed by atoms with E-state index in [1.165, 1.54) is 6.26 Å². The van der Waals surface area contributed by atoms with Gasteiger partial charge in [0.2, 0.25) is 0 Å². The van der Waals surface area contributed by atoms with Crippen molar-refractivity contribution in [2.45, 2.75) is 31.7 Å². The van der Waals surface area contributed by atoms with E-state index in [1.807, 2.05) is 20.8 Å². The van der Waals surface area contributed by atoms with E-state index in [0.29, 0.717) is 10.2 Å². The predicted molar refractivity (Wildman–Crippen MR) is 63.3 cm³/mol. The Morgan fingerprint density at radius 2 is 2.27 bits per heavy atom. The van der Waals surface area contributed by atoms with Gasteiger partial charge in [-0.3, -0.25) is 4.79 Å². The topological polar surface area (TPSA) is 42.2 Å². The van der Waals surface area contributed by atoms with Gasteiger partial charge in [0.15, 0.2) is 4.67 Å². The van der Waals surface area contributed by atoms with Crippen molar-refractivity contribution in [1.29, 1.82) is 0 Å². The predicted octanol–water partition coefficient (Wildman–Crippen LogP) is 3.18. The maximum Gasteiger partial charge on any atom is 0.256 e. The van der Waals surface area contributed by atoms with Crippen LogP contribution in [0, 0.1) is 0 Å². The first-order chi connectivity index (χ1) is 6.84. The Hall–Kier alpha value is -0.480. The van der Waals surface area contributed by atoms with Crippen molar-refractivity contribution in [1.82, 2.24) is 5.32 Å². The van der Waals surface area contributed by atoms with Crippen molar-refractivity contribution in [2.24, 2.45) is 0 Å². The van der Waals surface area contributed by atoms with Gasteiger partial charge in [0, 0.05) is 0 Å². The van der Waals surface area contributed by atoms with E-state index in [0.717, 1.165) is 0 Å². The highest BCUT2D eigenvalue weighted by atomic mass is 79.9. The number of alkyl halides is 1. The Bertz CT molecular complexity index is 360. The van der Waals surface area contributed by atoms with Gasteiger partial charge in [0.25, 0.3) is 5.91 Å². The molecule has 0 aliphatic heterocycles. The monoisotopic (exact) mass is 293 g/mol. The molecule has 0 fully saturated rings. The highest BCUT2D eigenvalue weighted by molar-refractivity contribution is 9.10. The molecule has 1 heterocycles. The molecule has 0 spiro atoms. The first kappa shape index (κ1) is 12.6. The zero-order valence-corrected chi connectivity index (χ0v) is 11.1. The number of rotatable bonds is 3. The lowest BCUT2D eigenvalue weighted by Gasteiger charge is -2.28. The average Bonchev–Trinajstić information content (AvgIpc) is 2.50. The molecule has 1 amide bonds. The fourth-order valence-corrected chi connectivity index (χ4v) is 1.39. The third kappa shape index (κ3) is 2.98. The second kappa shape index (κ2) is 4.58. The second-order valence-corrected chi connectivity index (χ2v) is 5.27. The smallest absolute Gasteiger partial charge is 0.256 e. The fourth-order valence-electron chi connectivity index (χ4n) is 0.915. The van der Waals surface area contributed by atoms with Crippen molar-refractivity contribution < 1.29 is 9.21 Å². The summed E-state index contributed by atoms with van der Waals surface area (Å²) in [6.07, 6.45) is 1.45. The summed E-state index contributed by atoms with van der Waals surface area (Å²) in [4.78, 5) is 11.8. The van der Waals surface area contributed by atoms with Crippen LogP contribution < -0.4 is 5.32 Å². The van der Waals surface area contributed by atoms with Crippen molar-refractivity contribution >= 4 is 33.4 Å². The molecule has 15 heavy (non-hydrogen) atoms. The van der Waals surface area contributed by atoms with Gasteiger partial charge in [-0.2, -0.15) is 0 Å². The Kier molecular flexibility index (Phi) is 3.84. The number of hydrogen-bond donors (Lipinski definition) is 1. The molecule has 0 saturated heterocycles. The van der Waals surface area contributed by atoms with Crippen molar-refractivity contribution in [2.75, 3.05) is 0 Å². The maximum atomic E-state index is 11.8. The van der Waals surface area contributed by atoms with Gasteiger partial charge >= 0.3 is 0 Å². The van der Waals surface area contributed by atoms with Gasteiger partial charge < -0.3 is 9.73 Å². The summed E-state index contributed by atoms with van der Waals surface area (Å²) in [7, 11) is 0. The molecule has 1 rings (SSSR count). The summed E-state index contributed by atoms with van der Waals surface area (Å²) in [5.74, 6) is -0.201. The number of amides is 1. The second-order valence-electron chi connectivity index (χ2n) is 3.90. The molecule has 0 aromatic carbocycles. The molecule has 5 heteroatoms. The van der Waals surface area contributed by atoms with Crippen LogP contribution in [0.5, 0.6) is 0 Å². The SMILES string of the molecule is CC(Cl)C(C)(C)NC(=O)c1ccoc1Br. The zero-order chi connectivity index (χ0) is 11.6. The normalized spacial score (nSPS) is 13.7. The van der Waals surface area contributed by atoms with Gasteiger partial charge in [-0.1, -0.05) is 0 Å². The van der Waals surface area contributed by atoms with Crippen LogP contribution in [0.1, 0.15) is 31.1 Å². The van der Waals surface area contributed by atoms with Crippen LogP contribution in [0.3, 0.4) is 0 Å². The quantitative estimate of drug-likeness (QED) is 0.870. The van der Waals surface area contributed by atoms with E-state index in [2.05, 4.69) is 21.2 Å². The Balaban J connectivity index is 2.77. The minimum Gasteiger partial charge on any atom is -0.457 e. The number of carbonyl (C=O) groups excluding carboxylic acids is 1. The van der Waals surface area contributed by atoms with E-state index in [1.54, 1.807) is 6.07 Å². The molecular weight excluding hydrogens is 281 g/mol. The van der Waals surface area contributed by atoms with E-state index >= 15 is 0 Å². The standard InChI is InChI=1S/C10H13BrClNO2/c1-6(12)10(2,3)13-9(14)7-4-5-15-8(7)11/h4-6H,1-3H3,(H,13,14). The lowest BCUT2D eigenvalue weighted by molar-refractivity contribution is 0.0910. The van der Waals surface area contributed by atoms with Gasteiger partial charge in [-0.15, -0.1) is 11.6 Å². The van der Waals surface area contributed by atoms with Crippen LogP contribution in [0.4, 0.5) is 0 Å². The third-order valence-electron chi connectivity index (χ3n) is 2.29. The molecule has 0 radical (unpaired) electrons. The minimum absolute atomic E-state index is 0.160. The van der Waals surface area contributed by atoms with E-state index < -0.39 is 5.54 Å². The minimum atomic E-state index is -0.463. The largest absolute Gasteiger partial charge is 0.457 e. The van der Waals surface area contributed by atoms with E-state index in [9.17, 15) is 4.79 Å². The van der Waals surface area contributed by atoms with Crippen molar-refractivity contribution in [3.8, 4) is 0 Å². The summed E-state index contributed by atoms with van der Waals surface area (Å²) in [6.45, 7) is 5.58. The Morgan fingerprint density at radius 1 is 1.67 bits per heavy atom. The van der Waals surface area contributed by atoms with Crippen LogP contribution in [0.2, 0.25) is 0 Å². The summed E-state index contributed by atoms with van der Waals surface area (Å²) in [6, 6.07) is 1.61. The number of furan rings is 1. The van der Waals surface area contributed by atoms with Gasteiger partial charge in [0.05, 0.1) is 22.7 Å². The van der Waals surface area contributed by atoms with Crippen molar-refractivity contribution in [3.05, 3.63) is 22.6 Å². The zero-order valence-electron chi connectivity index (χ0n) is 8.80. The first-order valence-corrected chi connectivity index (χ1v) is 5.77. The number of hydrogen-bond acceptors (Lipinski definition) is 2. The van der Waals surface area contributed by atoms with Crippen LogP contribution in [0.25, 0.3) is 0 Å². The molecule has 1 aromatic heterocycles. The maximum absolute atomic E-state index is 11.8. The van der Waals surface area contributed by atoms with Crippen LogP contribution in [0.15, 0.2) is 21.4 Å². The molecule has 1 unspecified atom stereocenters. The summed E-state index contributed by atoms with van der Waals surface area (Å²) < 4.78 is 5.41. The molecule has 0 bridgehead atoms. The number of nitrogens with one attached hydrogen (secondary N) is 1. The van der Waals surface area contributed by atoms with Crippen LogP contribution in [-0.4, -0.2) is 16.8 Å². The summed E-state index contributed by atoms with van der Waals surface area (Å²) >= 11 is 9.12. The fraction of sp³-hybridized carbons (Fsp3) is 0.500. The third-order valence-corrected chi connectivity index (χ3v) is 3.45. The highest BCUT2D eigenvalue weighted by Crippen LogP contribution is 2.20. The van der Waals surface area contributed by atoms with Crippen LogP contribution in [-0.2, 0) is 0 Å². The molecule has 0 aliphatic carbocycles. The molecule has 0 saturated carbocycles. The van der Waals surface area contributed by atoms with E-state index in [-0.39, 0.29) is 11.3 Å². The van der Waals surface area contributed by atoms with Gasteiger partial charge in [-0.25, -0.2) is 0 Å². The van der Waals surface area contributed by atoms with E-state index in [4.69, 9.17) is 16.0 Å². The first-order valence-electron chi connectivity index (χ1n) is 4.54. The molecule has 0 aliphatic rings. The lowest BCUT2D eigenvalue weighted by atomic mass is 10.0. The number of carbonyl (C=O) groups is 1. The molecule has 84 valence electrons. The molecular formula is C10H13BrClNO2. The molecule has 3 nitrogen and oxygen atoms in total. The summed E-state index contributed by atoms with van der Waals surface area (Å²) in [5, 5.41) is 2.68. The van der Waals surface area contributed by atoms with Gasteiger partial charge in [0.1, 0.15) is 0 Å². The lowest BCUT2D eigenvalue weighted by Crippen LogP contribution is -2.49. The molecule has 1 atom stereocenters. The average molecular weight is 295 g/mol. The molecule has 1 aromatic rings. The summed E-state index contributed by atoms with van der Waals surface area (Å²) in [5.41, 5.74) is 0.00964. The molecule has 1 N–H and O–H groups in total. The Morgan fingerprint density at radius 3 is 2.67 bits per heavy atom. The van der Waals surface area contributed by atoms with Gasteiger partial charge in [-0.05, 0) is 42.8 Å².